The Balaban J connectivity index is 1.99. The van der Waals surface area contributed by atoms with Crippen molar-refractivity contribution in [2.45, 2.75) is 64.4 Å². The first kappa shape index (κ1) is 10.0. The molecule has 1 saturated carbocycles. The first-order chi connectivity index (χ1) is 5.83. The van der Waals surface area contributed by atoms with E-state index >= 15 is 0 Å². The third-order valence-electron chi connectivity index (χ3n) is 3.00. The summed E-state index contributed by atoms with van der Waals surface area (Å²) in [6.45, 7) is 2.14. The Kier molecular flexibility index (Phi) is 4.67. The van der Waals surface area contributed by atoms with Gasteiger partial charge in [0.2, 0.25) is 0 Å². The molecule has 1 unspecified atom stereocenters. The predicted octanol–water partition coefficient (Wildman–Crippen LogP) is 3.12. The molecule has 0 aliphatic heterocycles. The van der Waals surface area contributed by atoms with Crippen LogP contribution in [-0.2, 0) is 0 Å². The van der Waals surface area contributed by atoms with Crippen molar-refractivity contribution >= 4 is 0 Å². The average Bonchev–Trinajstić information content (AvgIpc) is 2.53. The van der Waals surface area contributed by atoms with Crippen LogP contribution in [0.15, 0.2) is 0 Å². The van der Waals surface area contributed by atoms with Crippen molar-refractivity contribution in [3.05, 3.63) is 0 Å². The molecule has 0 heterocycles. The van der Waals surface area contributed by atoms with Crippen LogP contribution in [0.4, 0.5) is 0 Å². The van der Waals surface area contributed by atoms with E-state index in [4.69, 9.17) is 0 Å². The maximum atomic E-state index is 9.51. The number of aliphatic hydroxyl groups is 1. The molecule has 72 valence electrons. The Morgan fingerprint density at radius 1 is 1.25 bits per heavy atom. The Morgan fingerprint density at radius 2 is 1.92 bits per heavy atom. The summed E-state index contributed by atoms with van der Waals surface area (Å²) in [5.41, 5.74) is 0. The Hall–Kier alpha value is -0.0400. The van der Waals surface area contributed by atoms with Crippen molar-refractivity contribution in [2.75, 3.05) is 0 Å². The predicted molar refractivity (Wildman–Crippen MR) is 52.1 cm³/mol. The number of rotatable bonds is 5. The van der Waals surface area contributed by atoms with Crippen molar-refractivity contribution in [1.82, 2.24) is 0 Å². The SMILES string of the molecule is CCCC(O)CCC1CCCC1. The van der Waals surface area contributed by atoms with Crippen molar-refractivity contribution < 1.29 is 5.11 Å². The summed E-state index contributed by atoms with van der Waals surface area (Å²) in [7, 11) is 0. The van der Waals surface area contributed by atoms with E-state index in [2.05, 4.69) is 6.92 Å². The molecule has 0 amide bonds. The fraction of sp³-hybridized carbons (Fsp3) is 1.00. The molecule has 1 aliphatic carbocycles. The van der Waals surface area contributed by atoms with Crippen LogP contribution in [0.2, 0.25) is 0 Å². The van der Waals surface area contributed by atoms with Gasteiger partial charge in [0, 0.05) is 0 Å². The maximum Gasteiger partial charge on any atom is 0.0540 e. The minimum Gasteiger partial charge on any atom is -0.393 e. The minimum atomic E-state index is -0.0180. The van der Waals surface area contributed by atoms with Crippen molar-refractivity contribution in [1.29, 1.82) is 0 Å². The van der Waals surface area contributed by atoms with Gasteiger partial charge in [-0.3, -0.25) is 0 Å². The molecule has 0 radical (unpaired) electrons. The van der Waals surface area contributed by atoms with E-state index in [0.29, 0.717) is 0 Å². The molecule has 1 atom stereocenters. The Morgan fingerprint density at radius 3 is 2.50 bits per heavy atom. The van der Waals surface area contributed by atoms with Gasteiger partial charge in [-0.15, -0.1) is 0 Å². The van der Waals surface area contributed by atoms with Crippen LogP contribution in [0, 0.1) is 5.92 Å². The zero-order valence-electron chi connectivity index (χ0n) is 8.26. The highest BCUT2D eigenvalue weighted by Crippen LogP contribution is 2.29. The normalized spacial score (nSPS) is 21.5. The van der Waals surface area contributed by atoms with Crippen molar-refractivity contribution in [3.8, 4) is 0 Å². The first-order valence-corrected chi connectivity index (χ1v) is 5.51. The summed E-state index contributed by atoms with van der Waals surface area (Å²) in [5, 5.41) is 9.51. The van der Waals surface area contributed by atoms with E-state index in [1.54, 1.807) is 0 Å². The fourth-order valence-corrected chi connectivity index (χ4v) is 2.20. The zero-order chi connectivity index (χ0) is 8.81. The largest absolute Gasteiger partial charge is 0.393 e. The second-order valence-corrected chi connectivity index (χ2v) is 4.17. The van der Waals surface area contributed by atoms with Gasteiger partial charge < -0.3 is 5.11 Å². The van der Waals surface area contributed by atoms with Gasteiger partial charge in [0.1, 0.15) is 0 Å². The molecule has 1 heteroatoms. The zero-order valence-corrected chi connectivity index (χ0v) is 8.26. The Labute approximate surface area is 76.2 Å². The van der Waals surface area contributed by atoms with Crippen LogP contribution >= 0.6 is 0 Å². The summed E-state index contributed by atoms with van der Waals surface area (Å²) in [6.07, 6.45) is 10.1. The molecule has 1 N–H and O–H groups in total. The van der Waals surface area contributed by atoms with E-state index in [1.165, 1.54) is 32.1 Å². The number of aliphatic hydroxyl groups excluding tert-OH is 1. The van der Waals surface area contributed by atoms with Gasteiger partial charge in [-0.05, 0) is 25.2 Å². The average molecular weight is 170 g/mol. The minimum absolute atomic E-state index is 0.0180. The summed E-state index contributed by atoms with van der Waals surface area (Å²) in [4.78, 5) is 0. The molecule has 0 aromatic rings. The van der Waals surface area contributed by atoms with Crippen molar-refractivity contribution in [2.24, 2.45) is 5.92 Å². The van der Waals surface area contributed by atoms with Gasteiger partial charge in [0.15, 0.2) is 0 Å². The van der Waals surface area contributed by atoms with Crippen molar-refractivity contribution in [3.63, 3.8) is 0 Å². The molecule has 1 fully saturated rings. The van der Waals surface area contributed by atoms with Crippen LogP contribution in [0.1, 0.15) is 58.3 Å². The molecule has 0 aromatic carbocycles. The van der Waals surface area contributed by atoms with Crippen LogP contribution in [-0.4, -0.2) is 11.2 Å². The van der Waals surface area contributed by atoms with E-state index in [9.17, 15) is 5.11 Å². The summed E-state index contributed by atoms with van der Waals surface area (Å²) in [6, 6.07) is 0. The third kappa shape index (κ3) is 3.57. The smallest absolute Gasteiger partial charge is 0.0540 e. The third-order valence-corrected chi connectivity index (χ3v) is 3.00. The first-order valence-electron chi connectivity index (χ1n) is 5.51. The molecular weight excluding hydrogens is 148 g/mol. The molecule has 1 aliphatic rings. The van der Waals surface area contributed by atoms with Crippen LogP contribution in [0.25, 0.3) is 0 Å². The molecule has 0 bridgehead atoms. The molecule has 1 rings (SSSR count). The van der Waals surface area contributed by atoms with Gasteiger partial charge in [-0.25, -0.2) is 0 Å². The Bertz CT molecular complexity index is 106. The second kappa shape index (κ2) is 5.58. The van der Waals surface area contributed by atoms with E-state index < -0.39 is 0 Å². The highest BCUT2D eigenvalue weighted by molar-refractivity contribution is 4.68. The number of hydrogen-bond acceptors (Lipinski definition) is 1. The lowest BCUT2D eigenvalue weighted by Crippen LogP contribution is -2.07. The summed E-state index contributed by atoms with van der Waals surface area (Å²) >= 11 is 0. The van der Waals surface area contributed by atoms with Gasteiger partial charge in [-0.2, -0.15) is 0 Å². The summed E-state index contributed by atoms with van der Waals surface area (Å²) in [5.74, 6) is 0.941. The van der Waals surface area contributed by atoms with E-state index in [0.717, 1.165) is 25.2 Å². The van der Waals surface area contributed by atoms with E-state index in [-0.39, 0.29) is 6.10 Å². The quantitative estimate of drug-likeness (QED) is 0.672. The lowest BCUT2D eigenvalue weighted by molar-refractivity contribution is 0.144. The lowest BCUT2D eigenvalue weighted by atomic mass is 9.98. The van der Waals surface area contributed by atoms with Gasteiger partial charge in [0.25, 0.3) is 0 Å². The van der Waals surface area contributed by atoms with E-state index in [1.807, 2.05) is 0 Å². The standard InChI is InChI=1S/C11H22O/c1-2-5-11(12)9-8-10-6-3-4-7-10/h10-12H,2-9H2,1H3. The van der Waals surface area contributed by atoms with Crippen LogP contribution in [0.3, 0.4) is 0 Å². The maximum absolute atomic E-state index is 9.51. The van der Waals surface area contributed by atoms with Crippen LogP contribution in [0.5, 0.6) is 0 Å². The van der Waals surface area contributed by atoms with Crippen LogP contribution < -0.4 is 0 Å². The monoisotopic (exact) mass is 170 g/mol. The fourth-order valence-electron chi connectivity index (χ4n) is 2.20. The molecule has 0 saturated heterocycles. The van der Waals surface area contributed by atoms with Gasteiger partial charge in [0.05, 0.1) is 6.10 Å². The molecular formula is C11H22O. The molecule has 0 aromatic heterocycles. The van der Waals surface area contributed by atoms with Gasteiger partial charge >= 0.3 is 0 Å². The van der Waals surface area contributed by atoms with Gasteiger partial charge in [-0.1, -0.05) is 39.0 Å². The number of hydrogen-bond donors (Lipinski definition) is 1. The highest BCUT2D eigenvalue weighted by Gasteiger charge is 2.15. The lowest BCUT2D eigenvalue weighted by Gasteiger charge is -2.12. The molecule has 1 nitrogen and oxygen atoms in total. The topological polar surface area (TPSA) is 20.2 Å². The second-order valence-electron chi connectivity index (χ2n) is 4.17. The highest BCUT2D eigenvalue weighted by atomic mass is 16.3. The molecule has 0 spiro atoms. The summed E-state index contributed by atoms with van der Waals surface area (Å²) < 4.78 is 0. The molecule has 12 heavy (non-hydrogen) atoms.